The van der Waals surface area contributed by atoms with Crippen molar-refractivity contribution < 1.29 is 4.74 Å². The second kappa shape index (κ2) is 5.19. The van der Waals surface area contributed by atoms with Crippen molar-refractivity contribution in [1.82, 2.24) is 9.97 Å². The molecule has 1 aromatic heterocycles. The molecule has 3 N–H and O–H groups in total. The average Bonchev–Trinajstić information content (AvgIpc) is 2.85. The maximum absolute atomic E-state index is 9.42. The molecular weight excluding hydrogens is 284 g/mol. The number of aromatic amines is 1. The minimum atomic E-state index is -0.268. The number of H-pyrrole nitrogens is 1. The Bertz CT molecular complexity index is 755. The van der Waals surface area contributed by atoms with E-state index in [1.54, 1.807) is 11.8 Å². The maximum Gasteiger partial charge on any atom is 0.243 e. The van der Waals surface area contributed by atoms with Gasteiger partial charge in [0, 0.05) is 4.90 Å². The summed E-state index contributed by atoms with van der Waals surface area (Å²) < 4.78 is 5.44. The van der Waals surface area contributed by atoms with E-state index in [1.165, 1.54) is 4.90 Å². The molecule has 0 saturated carbocycles. The largest absolute Gasteiger partial charge is 0.420 e. The van der Waals surface area contributed by atoms with Crippen molar-refractivity contribution in [2.75, 3.05) is 6.26 Å². The van der Waals surface area contributed by atoms with E-state index < -0.39 is 0 Å². The quantitative estimate of drug-likeness (QED) is 0.832. The van der Waals surface area contributed by atoms with Gasteiger partial charge in [0.2, 0.25) is 11.8 Å². The normalized spacial score (nSPS) is 17.1. The predicted octanol–water partition coefficient (Wildman–Crippen LogP) is 2.66. The summed E-state index contributed by atoms with van der Waals surface area (Å²) in [4.78, 5) is 8.62. The molecule has 0 amide bonds. The van der Waals surface area contributed by atoms with E-state index in [2.05, 4.69) is 16.0 Å². The summed E-state index contributed by atoms with van der Waals surface area (Å²) >= 11 is 1.67. The van der Waals surface area contributed by atoms with Gasteiger partial charge in [0.25, 0.3) is 0 Å². The summed E-state index contributed by atoms with van der Waals surface area (Å²) in [6.07, 6.45) is 2.03. The van der Waals surface area contributed by atoms with E-state index in [0.717, 1.165) is 17.1 Å². The number of nitrogens with one attached hydrogen (secondary N) is 1. The number of ether oxygens (including phenoxy) is 1. The monoisotopic (exact) mass is 298 g/mol. The highest BCUT2D eigenvalue weighted by Crippen LogP contribution is 2.40. The SMILES string of the molecule is CSc1ccc([C@H]2C(C#N)=C(N)Oc3nc(C)[nH]c32)cc1. The number of thioether (sulfide) groups is 1. The zero-order chi connectivity index (χ0) is 15.0. The number of imidazole rings is 1. The summed E-state index contributed by atoms with van der Waals surface area (Å²) in [7, 11) is 0. The number of hydrogen-bond donors (Lipinski definition) is 2. The molecule has 6 heteroatoms. The topological polar surface area (TPSA) is 87.7 Å². The fourth-order valence-electron chi connectivity index (χ4n) is 2.46. The molecule has 3 rings (SSSR count). The molecule has 1 aliphatic heterocycles. The van der Waals surface area contributed by atoms with Crippen LogP contribution in [0, 0.1) is 18.3 Å². The van der Waals surface area contributed by atoms with E-state index in [9.17, 15) is 5.26 Å². The lowest BCUT2D eigenvalue weighted by Crippen LogP contribution is -2.21. The number of aryl methyl sites for hydroxylation is 1. The number of rotatable bonds is 2. The Labute approximate surface area is 126 Å². The molecule has 1 aromatic carbocycles. The van der Waals surface area contributed by atoms with Crippen LogP contribution in [0.5, 0.6) is 5.88 Å². The van der Waals surface area contributed by atoms with Crippen LogP contribution in [0.25, 0.3) is 0 Å². The third-order valence-corrected chi connectivity index (χ3v) is 4.18. The third-order valence-electron chi connectivity index (χ3n) is 3.43. The summed E-state index contributed by atoms with van der Waals surface area (Å²) in [6.45, 7) is 1.85. The van der Waals surface area contributed by atoms with Crippen LogP contribution in [0.2, 0.25) is 0 Å². The maximum atomic E-state index is 9.42. The summed E-state index contributed by atoms with van der Waals surface area (Å²) in [6, 6.07) is 10.2. The Balaban J connectivity index is 2.14. The van der Waals surface area contributed by atoms with Gasteiger partial charge in [0.15, 0.2) is 0 Å². The van der Waals surface area contributed by atoms with Crippen LogP contribution >= 0.6 is 11.8 Å². The van der Waals surface area contributed by atoms with Crippen LogP contribution in [-0.2, 0) is 0 Å². The first-order valence-corrected chi connectivity index (χ1v) is 7.64. The van der Waals surface area contributed by atoms with Crippen LogP contribution < -0.4 is 10.5 Å². The van der Waals surface area contributed by atoms with Crippen LogP contribution in [0.1, 0.15) is 23.0 Å². The van der Waals surface area contributed by atoms with Gasteiger partial charge in [0.05, 0.1) is 11.6 Å². The van der Waals surface area contributed by atoms with Crippen molar-refractivity contribution in [1.29, 1.82) is 5.26 Å². The molecule has 106 valence electrons. The average molecular weight is 298 g/mol. The molecule has 1 aliphatic rings. The van der Waals surface area contributed by atoms with Crippen molar-refractivity contribution in [2.45, 2.75) is 17.7 Å². The van der Waals surface area contributed by atoms with Crippen molar-refractivity contribution in [3.05, 3.63) is 52.8 Å². The summed E-state index contributed by atoms with van der Waals surface area (Å²) in [5, 5.41) is 9.42. The van der Waals surface area contributed by atoms with E-state index in [-0.39, 0.29) is 11.8 Å². The zero-order valence-electron chi connectivity index (χ0n) is 11.7. The van der Waals surface area contributed by atoms with Gasteiger partial charge in [-0.1, -0.05) is 12.1 Å². The highest BCUT2D eigenvalue weighted by Gasteiger charge is 2.33. The van der Waals surface area contributed by atoms with Gasteiger partial charge in [0.1, 0.15) is 17.5 Å². The molecule has 0 saturated heterocycles. The number of fused-ring (bicyclic) bond motifs is 1. The molecule has 0 unspecified atom stereocenters. The smallest absolute Gasteiger partial charge is 0.243 e. The Morgan fingerprint density at radius 1 is 1.38 bits per heavy atom. The predicted molar refractivity (Wildman–Crippen MR) is 80.8 cm³/mol. The molecule has 1 atom stereocenters. The highest BCUT2D eigenvalue weighted by molar-refractivity contribution is 7.98. The number of benzene rings is 1. The lowest BCUT2D eigenvalue weighted by Gasteiger charge is -2.22. The highest BCUT2D eigenvalue weighted by atomic mass is 32.2. The number of nitriles is 1. The molecule has 0 aliphatic carbocycles. The van der Waals surface area contributed by atoms with Crippen molar-refractivity contribution in [2.24, 2.45) is 5.73 Å². The number of allylic oxidation sites excluding steroid dienone is 1. The van der Waals surface area contributed by atoms with Crippen molar-refractivity contribution in [3.8, 4) is 11.9 Å². The molecule has 2 aromatic rings. The molecule has 5 nitrogen and oxygen atoms in total. The third kappa shape index (κ3) is 2.26. The standard InChI is InChI=1S/C15H14N4OS/c1-8-18-13-12(9-3-5-10(21-2)6-4-9)11(7-16)14(17)20-15(13)19-8/h3-6,12H,17H2,1-2H3,(H,18,19)/t12-/m0/s1. The minimum Gasteiger partial charge on any atom is -0.420 e. The fourth-order valence-corrected chi connectivity index (χ4v) is 2.87. The summed E-state index contributed by atoms with van der Waals surface area (Å²) in [5.74, 6) is 1.03. The van der Waals surface area contributed by atoms with E-state index >= 15 is 0 Å². The number of nitrogens with zero attached hydrogens (tertiary/aromatic N) is 2. The lowest BCUT2D eigenvalue weighted by molar-refractivity contribution is 0.379. The Kier molecular flexibility index (Phi) is 3.35. The van der Waals surface area contributed by atoms with Crippen LogP contribution in [0.4, 0.5) is 0 Å². The Morgan fingerprint density at radius 3 is 2.71 bits per heavy atom. The van der Waals surface area contributed by atoms with Gasteiger partial charge >= 0.3 is 0 Å². The first-order valence-electron chi connectivity index (χ1n) is 6.42. The number of aromatic nitrogens is 2. The number of hydrogen-bond acceptors (Lipinski definition) is 5. The van der Waals surface area contributed by atoms with Gasteiger partial charge in [-0.25, -0.2) is 0 Å². The first-order chi connectivity index (χ1) is 10.1. The molecule has 0 bridgehead atoms. The van der Waals surface area contributed by atoms with Gasteiger partial charge in [-0.05, 0) is 30.9 Å². The van der Waals surface area contributed by atoms with Crippen LogP contribution in [0.15, 0.2) is 40.6 Å². The van der Waals surface area contributed by atoms with Gasteiger partial charge in [-0.3, -0.25) is 0 Å². The minimum absolute atomic E-state index is 0.121. The van der Waals surface area contributed by atoms with Gasteiger partial charge in [-0.15, -0.1) is 11.8 Å². The molecular formula is C15H14N4OS. The molecule has 2 heterocycles. The first kappa shape index (κ1) is 13.6. The second-order valence-corrected chi connectivity index (χ2v) is 5.62. The van der Waals surface area contributed by atoms with Crippen molar-refractivity contribution in [3.63, 3.8) is 0 Å². The zero-order valence-corrected chi connectivity index (χ0v) is 12.5. The van der Waals surface area contributed by atoms with E-state index in [1.807, 2.05) is 37.4 Å². The molecule has 0 spiro atoms. The second-order valence-electron chi connectivity index (χ2n) is 4.74. The lowest BCUT2D eigenvalue weighted by atomic mass is 9.88. The van der Waals surface area contributed by atoms with E-state index in [0.29, 0.717) is 11.5 Å². The van der Waals surface area contributed by atoms with E-state index in [4.69, 9.17) is 10.5 Å². The Morgan fingerprint density at radius 2 is 2.10 bits per heavy atom. The molecule has 0 radical (unpaired) electrons. The summed E-state index contributed by atoms with van der Waals surface area (Å²) in [5.41, 5.74) is 8.04. The molecule has 0 fully saturated rings. The Hall–Kier alpha value is -2.39. The van der Waals surface area contributed by atoms with Crippen molar-refractivity contribution >= 4 is 11.8 Å². The van der Waals surface area contributed by atoms with Crippen LogP contribution in [-0.4, -0.2) is 16.2 Å². The van der Waals surface area contributed by atoms with Gasteiger partial charge < -0.3 is 15.5 Å². The fraction of sp³-hybridized carbons (Fsp3) is 0.200. The van der Waals surface area contributed by atoms with Crippen LogP contribution in [0.3, 0.4) is 0 Å². The van der Waals surface area contributed by atoms with Gasteiger partial charge in [-0.2, -0.15) is 10.2 Å². The number of nitrogens with two attached hydrogens (primary N) is 1. The molecule has 21 heavy (non-hydrogen) atoms.